The van der Waals surface area contributed by atoms with Crippen molar-refractivity contribution in [2.45, 2.75) is 39.2 Å². The lowest BCUT2D eigenvalue weighted by molar-refractivity contribution is 0.0906. The van der Waals surface area contributed by atoms with Gasteiger partial charge in [-0.1, -0.05) is 13.8 Å². The van der Waals surface area contributed by atoms with E-state index in [1.807, 2.05) is 6.07 Å². The van der Waals surface area contributed by atoms with E-state index in [4.69, 9.17) is 0 Å². The Kier molecular flexibility index (Phi) is 5.99. The topological polar surface area (TPSA) is 57.3 Å². The monoisotopic (exact) mass is 290 g/mol. The fourth-order valence-electron chi connectivity index (χ4n) is 2.71. The lowest BCUT2D eigenvalue weighted by Gasteiger charge is -2.32. The second-order valence-electron chi connectivity index (χ2n) is 5.55. The molecule has 0 saturated carbocycles. The number of likely N-dealkylation sites (N-methyl/N-ethyl adjacent to an activating group) is 1. The normalized spacial score (nSPS) is 19.2. The van der Waals surface area contributed by atoms with Crippen molar-refractivity contribution in [1.82, 2.24) is 15.2 Å². The Morgan fingerprint density at radius 1 is 1.48 bits per heavy atom. The van der Waals surface area contributed by atoms with Gasteiger partial charge in [-0.2, -0.15) is 0 Å². The zero-order valence-corrected chi connectivity index (χ0v) is 13.1. The van der Waals surface area contributed by atoms with E-state index in [1.54, 1.807) is 12.4 Å². The van der Waals surface area contributed by atoms with E-state index in [9.17, 15) is 4.79 Å². The molecule has 1 aliphatic rings. The van der Waals surface area contributed by atoms with Crippen LogP contribution in [0.25, 0.3) is 0 Å². The average molecular weight is 290 g/mol. The fourth-order valence-corrected chi connectivity index (χ4v) is 2.71. The van der Waals surface area contributed by atoms with Crippen LogP contribution in [-0.4, -0.2) is 48.0 Å². The molecular formula is C16H26N4O. The van der Waals surface area contributed by atoms with Gasteiger partial charge >= 0.3 is 0 Å². The van der Waals surface area contributed by atoms with Crippen molar-refractivity contribution in [1.29, 1.82) is 0 Å². The van der Waals surface area contributed by atoms with Gasteiger partial charge in [0.25, 0.3) is 5.91 Å². The molecule has 1 atom stereocenters. The molecule has 1 fully saturated rings. The Balaban J connectivity index is 1.99. The predicted molar refractivity (Wildman–Crippen MR) is 85.6 cm³/mol. The largest absolute Gasteiger partial charge is 0.384 e. The molecule has 1 aliphatic heterocycles. The molecule has 2 rings (SSSR count). The number of anilines is 1. The Morgan fingerprint density at radius 3 is 3.10 bits per heavy atom. The molecule has 0 radical (unpaired) electrons. The third-order valence-corrected chi connectivity index (χ3v) is 3.92. The predicted octanol–water partition coefficient (Wildman–Crippen LogP) is 2.12. The number of nitrogens with zero attached hydrogens (tertiary/aromatic N) is 2. The first-order chi connectivity index (χ1) is 10.2. The number of amides is 1. The van der Waals surface area contributed by atoms with E-state index in [0.29, 0.717) is 5.56 Å². The maximum Gasteiger partial charge on any atom is 0.255 e. The van der Waals surface area contributed by atoms with Crippen LogP contribution in [0.15, 0.2) is 18.5 Å². The number of carbonyl (C=O) groups is 1. The van der Waals surface area contributed by atoms with E-state index >= 15 is 0 Å². The third kappa shape index (κ3) is 4.43. The molecule has 1 saturated heterocycles. The van der Waals surface area contributed by atoms with Gasteiger partial charge in [-0.05, 0) is 38.4 Å². The zero-order valence-electron chi connectivity index (χ0n) is 13.1. The molecule has 0 aliphatic carbocycles. The van der Waals surface area contributed by atoms with Crippen LogP contribution >= 0.6 is 0 Å². The molecule has 5 heteroatoms. The SMILES string of the molecule is CCCNc1ccncc1C(=O)NC1CCCN(CC)C1. The highest BCUT2D eigenvalue weighted by Gasteiger charge is 2.21. The molecule has 1 aromatic rings. The summed E-state index contributed by atoms with van der Waals surface area (Å²) in [6.07, 6.45) is 6.59. The van der Waals surface area contributed by atoms with Crippen LogP contribution in [0.1, 0.15) is 43.5 Å². The number of nitrogens with one attached hydrogen (secondary N) is 2. The molecule has 2 N–H and O–H groups in total. The minimum absolute atomic E-state index is 0.0235. The lowest BCUT2D eigenvalue weighted by Crippen LogP contribution is -2.47. The van der Waals surface area contributed by atoms with Crippen LogP contribution in [0.4, 0.5) is 5.69 Å². The molecule has 21 heavy (non-hydrogen) atoms. The van der Waals surface area contributed by atoms with Gasteiger partial charge in [-0.25, -0.2) is 0 Å². The maximum absolute atomic E-state index is 12.5. The van der Waals surface area contributed by atoms with E-state index in [2.05, 4.69) is 34.4 Å². The van der Waals surface area contributed by atoms with E-state index in [0.717, 1.165) is 51.1 Å². The van der Waals surface area contributed by atoms with E-state index < -0.39 is 0 Å². The quantitative estimate of drug-likeness (QED) is 0.842. The third-order valence-electron chi connectivity index (χ3n) is 3.92. The minimum atomic E-state index is -0.0235. The van der Waals surface area contributed by atoms with Gasteiger partial charge < -0.3 is 15.5 Å². The number of rotatable bonds is 6. The van der Waals surface area contributed by atoms with Crippen molar-refractivity contribution < 1.29 is 4.79 Å². The molecule has 0 bridgehead atoms. The average Bonchev–Trinajstić information content (AvgIpc) is 2.53. The number of pyridine rings is 1. The first kappa shape index (κ1) is 15.8. The van der Waals surface area contributed by atoms with Crippen molar-refractivity contribution in [3.05, 3.63) is 24.0 Å². The van der Waals surface area contributed by atoms with Crippen LogP contribution in [0.2, 0.25) is 0 Å². The second kappa shape index (κ2) is 7.98. The van der Waals surface area contributed by atoms with Crippen LogP contribution in [0.3, 0.4) is 0 Å². The fraction of sp³-hybridized carbons (Fsp3) is 0.625. The minimum Gasteiger partial charge on any atom is -0.384 e. The van der Waals surface area contributed by atoms with Crippen LogP contribution in [0.5, 0.6) is 0 Å². The lowest BCUT2D eigenvalue weighted by atomic mass is 10.1. The molecule has 0 aromatic carbocycles. The highest BCUT2D eigenvalue weighted by molar-refractivity contribution is 5.99. The summed E-state index contributed by atoms with van der Waals surface area (Å²) in [5.41, 5.74) is 1.51. The summed E-state index contributed by atoms with van der Waals surface area (Å²) in [5, 5.41) is 6.45. The Hall–Kier alpha value is -1.62. The van der Waals surface area contributed by atoms with Crippen molar-refractivity contribution in [3.63, 3.8) is 0 Å². The van der Waals surface area contributed by atoms with Crippen LogP contribution in [0, 0.1) is 0 Å². The number of aromatic nitrogens is 1. The van der Waals surface area contributed by atoms with Crippen molar-refractivity contribution in [3.8, 4) is 0 Å². The molecular weight excluding hydrogens is 264 g/mol. The Bertz CT molecular complexity index is 463. The van der Waals surface area contributed by atoms with Gasteiger partial charge in [0, 0.05) is 31.5 Å². The summed E-state index contributed by atoms with van der Waals surface area (Å²) in [7, 11) is 0. The zero-order chi connectivity index (χ0) is 15.1. The van der Waals surface area contributed by atoms with Crippen LogP contribution in [-0.2, 0) is 0 Å². The standard InChI is InChI=1S/C16H26N4O/c1-3-8-18-15-7-9-17-11-14(15)16(21)19-13-6-5-10-20(4-2)12-13/h7,9,11,13H,3-6,8,10,12H2,1-2H3,(H,17,18)(H,19,21). The Morgan fingerprint density at radius 2 is 2.33 bits per heavy atom. The highest BCUT2D eigenvalue weighted by Crippen LogP contribution is 2.15. The first-order valence-electron chi connectivity index (χ1n) is 7.95. The maximum atomic E-state index is 12.5. The van der Waals surface area contributed by atoms with Gasteiger partial charge in [-0.15, -0.1) is 0 Å². The molecule has 2 heterocycles. The number of carbonyl (C=O) groups excluding carboxylic acids is 1. The molecule has 5 nitrogen and oxygen atoms in total. The number of piperidine rings is 1. The van der Waals surface area contributed by atoms with Gasteiger partial charge in [0.15, 0.2) is 0 Å². The van der Waals surface area contributed by atoms with E-state index in [-0.39, 0.29) is 11.9 Å². The number of hydrogen-bond donors (Lipinski definition) is 2. The summed E-state index contributed by atoms with van der Waals surface area (Å²) < 4.78 is 0. The van der Waals surface area contributed by atoms with Crippen molar-refractivity contribution in [2.75, 3.05) is 31.5 Å². The molecule has 116 valence electrons. The summed E-state index contributed by atoms with van der Waals surface area (Å²) >= 11 is 0. The van der Waals surface area contributed by atoms with Crippen molar-refractivity contribution >= 4 is 11.6 Å². The smallest absolute Gasteiger partial charge is 0.255 e. The van der Waals surface area contributed by atoms with Gasteiger partial charge in [-0.3, -0.25) is 9.78 Å². The van der Waals surface area contributed by atoms with Gasteiger partial charge in [0.1, 0.15) is 0 Å². The molecule has 1 unspecified atom stereocenters. The van der Waals surface area contributed by atoms with E-state index in [1.165, 1.54) is 0 Å². The Labute approximate surface area is 127 Å². The molecule has 1 aromatic heterocycles. The first-order valence-corrected chi connectivity index (χ1v) is 7.95. The van der Waals surface area contributed by atoms with Gasteiger partial charge in [0.2, 0.25) is 0 Å². The van der Waals surface area contributed by atoms with Crippen LogP contribution < -0.4 is 10.6 Å². The number of hydrogen-bond acceptors (Lipinski definition) is 4. The summed E-state index contributed by atoms with van der Waals surface area (Å²) in [6, 6.07) is 2.11. The summed E-state index contributed by atoms with van der Waals surface area (Å²) in [5.74, 6) is -0.0235. The summed E-state index contributed by atoms with van der Waals surface area (Å²) in [4.78, 5) is 19.0. The second-order valence-corrected chi connectivity index (χ2v) is 5.55. The molecule has 0 spiro atoms. The summed E-state index contributed by atoms with van der Waals surface area (Å²) in [6.45, 7) is 8.26. The van der Waals surface area contributed by atoms with Crippen molar-refractivity contribution in [2.24, 2.45) is 0 Å². The van der Waals surface area contributed by atoms with Gasteiger partial charge in [0.05, 0.1) is 11.3 Å². The highest BCUT2D eigenvalue weighted by atomic mass is 16.1. The number of likely N-dealkylation sites (tertiary alicyclic amines) is 1. The molecule has 1 amide bonds.